The van der Waals surface area contributed by atoms with Crippen LogP contribution in [-0.2, 0) is 11.2 Å². The first kappa shape index (κ1) is 15.8. The number of aromatic amines is 1. The Kier molecular flexibility index (Phi) is 4.93. The molecular weight excluding hydrogens is 280 g/mol. The van der Waals surface area contributed by atoms with Crippen LogP contribution in [0.5, 0.6) is 5.75 Å². The fourth-order valence-electron chi connectivity index (χ4n) is 2.15. The molecule has 1 heterocycles. The molecule has 2 rings (SSSR count). The summed E-state index contributed by atoms with van der Waals surface area (Å²) in [5.74, 6) is 0.0598. The quantitative estimate of drug-likeness (QED) is 0.584. The maximum atomic E-state index is 11.9. The first-order valence-electron chi connectivity index (χ1n) is 7.10. The predicted octanol–water partition coefficient (Wildman–Crippen LogP) is 2.21. The van der Waals surface area contributed by atoms with Gasteiger partial charge in [0.05, 0.1) is 11.4 Å². The molecular formula is C16H20N4O2. The van der Waals surface area contributed by atoms with Gasteiger partial charge in [0.15, 0.2) is 0 Å². The molecule has 3 N–H and O–H groups in total. The molecule has 22 heavy (non-hydrogen) atoms. The zero-order valence-corrected chi connectivity index (χ0v) is 13.0. The van der Waals surface area contributed by atoms with Crippen LogP contribution in [-0.4, -0.2) is 26.9 Å². The minimum atomic E-state index is -0.141. The maximum Gasteiger partial charge on any atom is 0.240 e. The number of nitrogens with zero attached hydrogens (tertiary/aromatic N) is 2. The number of benzene rings is 1. The third kappa shape index (κ3) is 3.94. The average Bonchev–Trinajstić information content (AvgIpc) is 2.82. The minimum Gasteiger partial charge on any atom is -0.508 e. The van der Waals surface area contributed by atoms with Crippen molar-refractivity contribution in [2.24, 2.45) is 5.10 Å². The molecule has 0 radical (unpaired) electrons. The zero-order valence-electron chi connectivity index (χ0n) is 13.0. The number of hydrogen-bond acceptors (Lipinski definition) is 4. The lowest BCUT2D eigenvalue weighted by Crippen LogP contribution is -2.19. The van der Waals surface area contributed by atoms with Gasteiger partial charge in [-0.25, -0.2) is 5.43 Å². The largest absolute Gasteiger partial charge is 0.508 e. The van der Waals surface area contributed by atoms with Crippen molar-refractivity contribution in [1.82, 2.24) is 15.6 Å². The summed E-state index contributed by atoms with van der Waals surface area (Å²) in [6.07, 6.45) is 0.987. The highest BCUT2D eigenvalue weighted by Crippen LogP contribution is 2.12. The molecule has 0 saturated heterocycles. The van der Waals surface area contributed by atoms with Gasteiger partial charge < -0.3 is 5.11 Å². The SMILES string of the molecule is C/C(=N/NC(=O)CCc1c(C)n[nH]c1C)c1ccc(O)cc1. The number of aryl methyl sites for hydroxylation is 2. The first-order valence-corrected chi connectivity index (χ1v) is 7.10. The molecule has 0 bridgehead atoms. The van der Waals surface area contributed by atoms with Crippen molar-refractivity contribution in [2.75, 3.05) is 0 Å². The van der Waals surface area contributed by atoms with E-state index in [-0.39, 0.29) is 11.7 Å². The van der Waals surface area contributed by atoms with Crippen LogP contribution < -0.4 is 5.43 Å². The van der Waals surface area contributed by atoms with Gasteiger partial charge in [-0.05, 0) is 62.6 Å². The van der Waals surface area contributed by atoms with Crippen molar-refractivity contribution < 1.29 is 9.90 Å². The van der Waals surface area contributed by atoms with Crippen LogP contribution in [0, 0.1) is 13.8 Å². The molecule has 0 aliphatic rings. The fourth-order valence-corrected chi connectivity index (χ4v) is 2.15. The average molecular weight is 300 g/mol. The molecule has 2 aromatic rings. The fraction of sp³-hybridized carbons (Fsp3) is 0.312. The van der Waals surface area contributed by atoms with Crippen molar-refractivity contribution in [3.05, 3.63) is 46.8 Å². The number of hydrazone groups is 1. The van der Waals surface area contributed by atoms with Gasteiger partial charge in [0.25, 0.3) is 0 Å². The Morgan fingerprint density at radius 1 is 1.32 bits per heavy atom. The molecule has 6 nitrogen and oxygen atoms in total. The summed E-state index contributed by atoms with van der Waals surface area (Å²) in [4.78, 5) is 11.9. The number of amides is 1. The van der Waals surface area contributed by atoms with Gasteiger partial charge in [0.2, 0.25) is 5.91 Å². The van der Waals surface area contributed by atoms with Crippen LogP contribution in [0.2, 0.25) is 0 Å². The van der Waals surface area contributed by atoms with Crippen molar-refractivity contribution in [1.29, 1.82) is 0 Å². The lowest BCUT2D eigenvalue weighted by molar-refractivity contribution is -0.121. The van der Waals surface area contributed by atoms with Crippen LogP contribution in [0.1, 0.15) is 35.9 Å². The number of carbonyl (C=O) groups is 1. The van der Waals surface area contributed by atoms with E-state index in [0.717, 1.165) is 22.5 Å². The predicted molar refractivity (Wildman–Crippen MR) is 84.8 cm³/mol. The number of phenolic OH excluding ortho intramolecular Hbond substituents is 1. The third-order valence-electron chi connectivity index (χ3n) is 3.52. The van der Waals surface area contributed by atoms with E-state index < -0.39 is 0 Å². The molecule has 0 aliphatic heterocycles. The molecule has 0 fully saturated rings. The van der Waals surface area contributed by atoms with Crippen LogP contribution in [0.15, 0.2) is 29.4 Å². The Morgan fingerprint density at radius 3 is 2.59 bits per heavy atom. The van der Waals surface area contributed by atoms with Gasteiger partial charge in [-0.15, -0.1) is 0 Å². The van der Waals surface area contributed by atoms with Crippen molar-refractivity contribution in [3.63, 3.8) is 0 Å². The summed E-state index contributed by atoms with van der Waals surface area (Å²) >= 11 is 0. The monoisotopic (exact) mass is 300 g/mol. The summed E-state index contributed by atoms with van der Waals surface area (Å²) in [5.41, 5.74) is 7.08. The Balaban J connectivity index is 1.89. The smallest absolute Gasteiger partial charge is 0.240 e. The number of hydrogen-bond donors (Lipinski definition) is 3. The number of aromatic nitrogens is 2. The van der Waals surface area contributed by atoms with Crippen LogP contribution in [0.3, 0.4) is 0 Å². The van der Waals surface area contributed by atoms with E-state index >= 15 is 0 Å². The van der Waals surface area contributed by atoms with Gasteiger partial charge in [-0.2, -0.15) is 10.2 Å². The van der Waals surface area contributed by atoms with E-state index in [0.29, 0.717) is 18.6 Å². The molecule has 0 atom stereocenters. The van der Waals surface area contributed by atoms with Gasteiger partial charge in [-0.1, -0.05) is 0 Å². The minimum absolute atomic E-state index is 0.141. The summed E-state index contributed by atoms with van der Waals surface area (Å²) in [6.45, 7) is 5.67. The van der Waals surface area contributed by atoms with Gasteiger partial charge in [0, 0.05) is 12.1 Å². The normalized spacial score (nSPS) is 11.5. The maximum absolute atomic E-state index is 11.9. The van der Waals surface area contributed by atoms with Gasteiger partial charge >= 0.3 is 0 Å². The molecule has 1 aromatic carbocycles. The summed E-state index contributed by atoms with van der Waals surface area (Å²) in [7, 11) is 0. The number of nitrogens with one attached hydrogen (secondary N) is 2. The number of phenols is 1. The lowest BCUT2D eigenvalue weighted by atomic mass is 10.1. The molecule has 116 valence electrons. The van der Waals surface area contributed by atoms with Crippen molar-refractivity contribution in [2.45, 2.75) is 33.6 Å². The highest BCUT2D eigenvalue weighted by Gasteiger charge is 2.09. The zero-order chi connectivity index (χ0) is 16.1. The Labute approximate surface area is 129 Å². The number of carbonyl (C=O) groups excluding carboxylic acids is 1. The highest BCUT2D eigenvalue weighted by molar-refractivity contribution is 5.99. The van der Waals surface area contributed by atoms with E-state index in [1.54, 1.807) is 31.2 Å². The van der Waals surface area contributed by atoms with Crippen molar-refractivity contribution in [3.8, 4) is 5.75 Å². The molecule has 0 saturated carbocycles. The van der Waals surface area contributed by atoms with Gasteiger partial charge in [-0.3, -0.25) is 9.89 Å². The molecule has 1 aromatic heterocycles. The Morgan fingerprint density at radius 2 is 2.00 bits per heavy atom. The van der Waals surface area contributed by atoms with Gasteiger partial charge in [0.1, 0.15) is 5.75 Å². The second-order valence-electron chi connectivity index (χ2n) is 5.19. The van der Waals surface area contributed by atoms with E-state index in [1.165, 1.54) is 0 Å². The van der Waals surface area contributed by atoms with E-state index in [1.807, 2.05) is 13.8 Å². The summed E-state index contributed by atoms with van der Waals surface area (Å²) < 4.78 is 0. The first-order chi connectivity index (χ1) is 10.5. The Hall–Kier alpha value is -2.63. The number of H-pyrrole nitrogens is 1. The van der Waals surface area contributed by atoms with E-state index in [4.69, 9.17) is 0 Å². The van der Waals surface area contributed by atoms with E-state index in [2.05, 4.69) is 20.7 Å². The molecule has 0 spiro atoms. The number of rotatable bonds is 5. The summed E-state index contributed by atoms with van der Waals surface area (Å²) in [6, 6.07) is 6.66. The number of aromatic hydroxyl groups is 1. The molecule has 1 amide bonds. The highest BCUT2D eigenvalue weighted by atomic mass is 16.3. The van der Waals surface area contributed by atoms with Crippen LogP contribution >= 0.6 is 0 Å². The van der Waals surface area contributed by atoms with Crippen LogP contribution in [0.4, 0.5) is 0 Å². The summed E-state index contributed by atoms with van der Waals surface area (Å²) in [5, 5.41) is 20.3. The Bertz CT molecular complexity index is 667. The second kappa shape index (κ2) is 6.89. The molecule has 6 heteroatoms. The van der Waals surface area contributed by atoms with Crippen LogP contribution in [0.25, 0.3) is 0 Å². The van der Waals surface area contributed by atoms with E-state index in [9.17, 15) is 9.90 Å². The molecule has 0 aliphatic carbocycles. The lowest BCUT2D eigenvalue weighted by Gasteiger charge is -2.04. The standard InChI is InChI=1S/C16H20N4O2/c1-10(13-4-6-14(21)7-5-13)17-20-16(22)9-8-15-11(2)18-19-12(15)3/h4-7,21H,8-9H2,1-3H3,(H,18,19)(H,20,22)/b17-10-. The third-order valence-corrected chi connectivity index (χ3v) is 3.52. The molecule has 0 unspecified atom stereocenters. The second-order valence-corrected chi connectivity index (χ2v) is 5.19. The van der Waals surface area contributed by atoms with Crippen molar-refractivity contribution >= 4 is 11.6 Å². The topological polar surface area (TPSA) is 90.4 Å².